The van der Waals surface area contributed by atoms with E-state index in [0.29, 0.717) is 41.9 Å². The standard InChI is InChI=1S/C26H32N4O5/c1-17-21(15-27-24(31)22-7-5-4-6-14-30(22)2)29-26(34-17)18-8-10-19(11-9-18)28-25(32)23-13-12-20(35-23)16-33-3/h8-13,22H,4-7,14-16H2,1-3H3,(H,27,31)(H,28,32). The lowest BCUT2D eigenvalue weighted by Crippen LogP contribution is -2.44. The fourth-order valence-corrected chi connectivity index (χ4v) is 4.20. The van der Waals surface area contributed by atoms with E-state index in [0.717, 1.165) is 31.4 Å². The Morgan fingerprint density at radius 1 is 1.11 bits per heavy atom. The van der Waals surface area contributed by atoms with Crippen LogP contribution in [0, 0.1) is 6.92 Å². The molecule has 9 heteroatoms. The second kappa shape index (κ2) is 11.3. The van der Waals surface area contributed by atoms with Gasteiger partial charge in [0.25, 0.3) is 5.91 Å². The normalized spacial score (nSPS) is 16.6. The van der Waals surface area contributed by atoms with Crippen molar-refractivity contribution >= 4 is 17.5 Å². The van der Waals surface area contributed by atoms with Crippen molar-refractivity contribution in [1.82, 2.24) is 15.2 Å². The Morgan fingerprint density at radius 3 is 2.69 bits per heavy atom. The molecule has 1 fully saturated rings. The monoisotopic (exact) mass is 480 g/mol. The second-order valence-electron chi connectivity index (χ2n) is 8.82. The number of benzene rings is 1. The quantitative estimate of drug-likeness (QED) is 0.499. The number of likely N-dealkylation sites (tertiary alicyclic amines) is 1. The molecule has 2 aromatic heterocycles. The van der Waals surface area contributed by atoms with Crippen molar-refractivity contribution < 1.29 is 23.2 Å². The van der Waals surface area contributed by atoms with E-state index in [1.807, 2.05) is 26.1 Å². The first kappa shape index (κ1) is 24.7. The molecule has 4 rings (SSSR count). The van der Waals surface area contributed by atoms with Crippen molar-refractivity contribution in [2.75, 3.05) is 26.0 Å². The summed E-state index contributed by atoms with van der Waals surface area (Å²) in [6.45, 7) is 3.41. The molecule has 35 heavy (non-hydrogen) atoms. The van der Waals surface area contributed by atoms with Gasteiger partial charge in [-0.2, -0.15) is 0 Å². The number of nitrogens with zero attached hydrogens (tertiary/aromatic N) is 2. The van der Waals surface area contributed by atoms with Crippen LogP contribution in [0.2, 0.25) is 0 Å². The van der Waals surface area contributed by atoms with Crippen molar-refractivity contribution in [3.63, 3.8) is 0 Å². The number of hydrogen-bond donors (Lipinski definition) is 2. The molecule has 0 saturated carbocycles. The second-order valence-corrected chi connectivity index (χ2v) is 8.82. The number of methoxy groups -OCH3 is 1. The minimum atomic E-state index is -0.343. The molecule has 1 aliphatic heterocycles. The molecule has 2 amide bonds. The minimum absolute atomic E-state index is 0.0318. The van der Waals surface area contributed by atoms with Crippen molar-refractivity contribution in [3.05, 3.63) is 59.4 Å². The van der Waals surface area contributed by atoms with E-state index in [-0.39, 0.29) is 23.6 Å². The number of amides is 2. The molecule has 3 heterocycles. The van der Waals surface area contributed by atoms with E-state index in [1.165, 1.54) is 6.42 Å². The van der Waals surface area contributed by atoms with Crippen LogP contribution in [0.25, 0.3) is 11.5 Å². The van der Waals surface area contributed by atoms with E-state index in [2.05, 4.69) is 20.5 Å². The molecular formula is C26H32N4O5. The summed E-state index contributed by atoms with van der Waals surface area (Å²) in [5, 5.41) is 5.83. The lowest BCUT2D eigenvalue weighted by Gasteiger charge is -2.24. The maximum atomic E-state index is 12.7. The van der Waals surface area contributed by atoms with Gasteiger partial charge in [0.2, 0.25) is 11.8 Å². The lowest BCUT2D eigenvalue weighted by molar-refractivity contribution is -0.126. The van der Waals surface area contributed by atoms with Gasteiger partial charge in [0.1, 0.15) is 23.8 Å². The van der Waals surface area contributed by atoms with Crippen LogP contribution in [0.1, 0.15) is 53.5 Å². The number of aryl methyl sites for hydroxylation is 1. The highest BCUT2D eigenvalue weighted by atomic mass is 16.5. The van der Waals surface area contributed by atoms with Gasteiger partial charge in [0, 0.05) is 18.4 Å². The summed E-state index contributed by atoms with van der Waals surface area (Å²) in [6.07, 6.45) is 4.25. The summed E-state index contributed by atoms with van der Waals surface area (Å²) in [7, 11) is 3.57. The van der Waals surface area contributed by atoms with Gasteiger partial charge >= 0.3 is 0 Å². The number of anilines is 1. The average Bonchev–Trinajstić information content (AvgIpc) is 3.40. The third kappa shape index (κ3) is 6.17. The number of carbonyl (C=O) groups excluding carboxylic acids is 2. The summed E-state index contributed by atoms with van der Waals surface area (Å²) in [4.78, 5) is 31.8. The van der Waals surface area contributed by atoms with Gasteiger partial charge in [-0.3, -0.25) is 14.5 Å². The maximum Gasteiger partial charge on any atom is 0.291 e. The Hall–Kier alpha value is -3.43. The maximum absolute atomic E-state index is 12.7. The summed E-state index contributed by atoms with van der Waals surface area (Å²) < 4.78 is 16.3. The molecular weight excluding hydrogens is 448 g/mol. The Morgan fingerprint density at radius 2 is 1.91 bits per heavy atom. The van der Waals surface area contributed by atoms with Gasteiger partial charge in [-0.25, -0.2) is 4.98 Å². The van der Waals surface area contributed by atoms with Gasteiger partial charge in [-0.1, -0.05) is 12.8 Å². The molecule has 186 valence electrons. The number of ether oxygens (including phenoxy) is 1. The van der Waals surface area contributed by atoms with Gasteiger partial charge in [-0.05, 0) is 69.8 Å². The van der Waals surface area contributed by atoms with Crippen LogP contribution >= 0.6 is 0 Å². The fourth-order valence-electron chi connectivity index (χ4n) is 4.20. The predicted molar refractivity (Wildman–Crippen MR) is 131 cm³/mol. The highest BCUT2D eigenvalue weighted by molar-refractivity contribution is 6.02. The number of rotatable bonds is 8. The van der Waals surface area contributed by atoms with E-state index in [1.54, 1.807) is 31.4 Å². The molecule has 0 radical (unpaired) electrons. The number of aromatic nitrogens is 1. The van der Waals surface area contributed by atoms with Gasteiger partial charge in [0.15, 0.2) is 5.76 Å². The van der Waals surface area contributed by atoms with Crippen LogP contribution in [0.4, 0.5) is 5.69 Å². The van der Waals surface area contributed by atoms with Crippen LogP contribution in [-0.2, 0) is 22.7 Å². The minimum Gasteiger partial charge on any atom is -0.453 e. The Bertz CT molecular complexity index is 1150. The van der Waals surface area contributed by atoms with E-state index < -0.39 is 0 Å². The average molecular weight is 481 g/mol. The zero-order valence-electron chi connectivity index (χ0n) is 20.4. The lowest BCUT2D eigenvalue weighted by atomic mass is 10.1. The van der Waals surface area contributed by atoms with Gasteiger partial charge in [0.05, 0.1) is 12.6 Å². The molecule has 1 aromatic carbocycles. The summed E-state index contributed by atoms with van der Waals surface area (Å²) in [5.74, 6) is 1.61. The first-order chi connectivity index (χ1) is 16.9. The summed E-state index contributed by atoms with van der Waals surface area (Å²) in [6, 6.07) is 10.4. The highest BCUT2D eigenvalue weighted by Crippen LogP contribution is 2.24. The molecule has 9 nitrogen and oxygen atoms in total. The number of furan rings is 1. The van der Waals surface area contributed by atoms with Crippen LogP contribution in [0.15, 0.2) is 45.2 Å². The number of oxazole rings is 1. The molecule has 0 aliphatic carbocycles. The Labute approximate surface area is 204 Å². The van der Waals surface area contributed by atoms with E-state index in [9.17, 15) is 9.59 Å². The topological polar surface area (TPSA) is 110 Å². The highest BCUT2D eigenvalue weighted by Gasteiger charge is 2.25. The molecule has 1 saturated heterocycles. The number of likely N-dealkylation sites (N-methyl/N-ethyl adjacent to an activating group) is 1. The number of hydrogen-bond acceptors (Lipinski definition) is 7. The van der Waals surface area contributed by atoms with Crippen molar-refractivity contribution in [3.8, 4) is 11.5 Å². The van der Waals surface area contributed by atoms with E-state index in [4.69, 9.17) is 13.6 Å². The van der Waals surface area contributed by atoms with Crippen LogP contribution in [0.5, 0.6) is 0 Å². The van der Waals surface area contributed by atoms with Gasteiger partial charge in [-0.15, -0.1) is 0 Å². The SMILES string of the molecule is COCc1ccc(C(=O)Nc2ccc(-c3nc(CNC(=O)C4CCCCCN4C)c(C)o3)cc2)o1. The molecule has 1 atom stereocenters. The first-order valence-corrected chi connectivity index (χ1v) is 11.9. The Kier molecular flexibility index (Phi) is 7.99. The molecule has 2 N–H and O–H groups in total. The molecule has 1 unspecified atom stereocenters. The number of carbonyl (C=O) groups is 2. The molecule has 0 spiro atoms. The smallest absolute Gasteiger partial charge is 0.291 e. The van der Waals surface area contributed by atoms with E-state index >= 15 is 0 Å². The summed E-state index contributed by atoms with van der Waals surface area (Å²) in [5.41, 5.74) is 2.09. The van der Waals surface area contributed by atoms with Crippen molar-refractivity contribution in [2.45, 2.75) is 51.8 Å². The fraction of sp³-hybridized carbons (Fsp3) is 0.423. The molecule has 1 aliphatic rings. The largest absolute Gasteiger partial charge is 0.453 e. The number of nitrogens with one attached hydrogen (secondary N) is 2. The zero-order chi connectivity index (χ0) is 24.8. The molecule has 0 bridgehead atoms. The van der Waals surface area contributed by atoms with Gasteiger partial charge < -0.3 is 24.2 Å². The third-order valence-corrected chi connectivity index (χ3v) is 6.21. The van der Waals surface area contributed by atoms with Crippen LogP contribution in [-0.4, -0.2) is 48.4 Å². The Balaban J connectivity index is 1.35. The third-order valence-electron chi connectivity index (χ3n) is 6.21. The van der Waals surface area contributed by atoms with Crippen LogP contribution < -0.4 is 10.6 Å². The van der Waals surface area contributed by atoms with Crippen molar-refractivity contribution in [1.29, 1.82) is 0 Å². The summed E-state index contributed by atoms with van der Waals surface area (Å²) >= 11 is 0. The zero-order valence-corrected chi connectivity index (χ0v) is 20.4. The first-order valence-electron chi connectivity index (χ1n) is 11.9. The van der Waals surface area contributed by atoms with Crippen LogP contribution in [0.3, 0.4) is 0 Å². The predicted octanol–water partition coefficient (Wildman–Crippen LogP) is 4.13. The van der Waals surface area contributed by atoms with Crippen molar-refractivity contribution in [2.24, 2.45) is 0 Å². The molecule has 3 aromatic rings.